The Labute approximate surface area is 196 Å². The SMILES string of the molecule is Cn1cnc(C(NCCC(C)(C)C(F)(F)F)c2nnnn2CCCCNC(=O)OC(C)(C)C)n1. The topological polar surface area (TPSA) is 125 Å². The summed E-state index contributed by atoms with van der Waals surface area (Å²) in [5, 5.41) is 21.9. The number of hydrogen-bond donors (Lipinski definition) is 2. The first-order chi connectivity index (χ1) is 15.7. The number of carbonyl (C=O) groups is 1. The van der Waals surface area contributed by atoms with Crippen molar-refractivity contribution in [1.29, 1.82) is 0 Å². The summed E-state index contributed by atoms with van der Waals surface area (Å²) < 4.78 is 47.9. The van der Waals surface area contributed by atoms with Gasteiger partial charge in [-0.3, -0.25) is 4.68 Å². The van der Waals surface area contributed by atoms with Crippen LogP contribution in [0, 0.1) is 5.41 Å². The monoisotopic (exact) mass is 489 g/mol. The minimum Gasteiger partial charge on any atom is -0.444 e. The molecule has 0 radical (unpaired) electrons. The van der Waals surface area contributed by atoms with Crippen molar-refractivity contribution in [3.8, 4) is 0 Å². The zero-order chi connectivity index (χ0) is 25.6. The van der Waals surface area contributed by atoms with Crippen LogP contribution in [0.1, 0.15) is 71.6 Å². The number of carbonyl (C=O) groups excluding carboxylic acids is 1. The van der Waals surface area contributed by atoms with Crippen molar-refractivity contribution in [2.24, 2.45) is 12.5 Å². The van der Waals surface area contributed by atoms with E-state index in [9.17, 15) is 18.0 Å². The van der Waals surface area contributed by atoms with E-state index in [1.807, 2.05) is 0 Å². The largest absolute Gasteiger partial charge is 0.444 e. The van der Waals surface area contributed by atoms with Crippen LogP contribution < -0.4 is 10.6 Å². The molecule has 0 aliphatic carbocycles. The van der Waals surface area contributed by atoms with Crippen molar-refractivity contribution in [1.82, 2.24) is 45.6 Å². The molecule has 1 unspecified atom stereocenters. The van der Waals surface area contributed by atoms with Crippen LogP contribution in [-0.4, -0.2) is 65.9 Å². The van der Waals surface area contributed by atoms with Gasteiger partial charge in [-0.05, 0) is 57.0 Å². The molecule has 0 spiro atoms. The van der Waals surface area contributed by atoms with Crippen LogP contribution in [0.5, 0.6) is 0 Å². The summed E-state index contributed by atoms with van der Waals surface area (Å²) in [5.41, 5.74) is -2.42. The van der Waals surface area contributed by atoms with Gasteiger partial charge in [-0.25, -0.2) is 14.5 Å². The van der Waals surface area contributed by atoms with Crippen LogP contribution in [0.2, 0.25) is 0 Å². The van der Waals surface area contributed by atoms with Gasteiger partial charge in [-0.15, -0.1) is 5.10 Å². The minimum atomic E-state index is -4.32. The Morgan fingerprint density at radius 1 is 1.15 bits per heavy atom. The zero-order valence-electron chi connectivity index (χ0n) is 20.5. The van der Waals surface area contributed by atoms with Crippen molar-refractivity contribution in [3.05, 3.63) is 18.0 Å². The number of alkyl carbamates (subject to hydrolysis) is 1. The molecule has 34 heavy (non-hydrogen) atoms. The number of tetrazole rings is 1. The Kier molecular flexibility index (Phi) is 8.97. The van der Waals surface area contributed by atoms with E-state index in [1.54, 1.807) is 32.5 Å². The van der Waals surface area contributed by atoms with Crippen molar-refractivity contribution in [3.63, 3.8) is 0 Å². The van der Waals surface area contributed by atoms with E-state index in [4.69, 9.17) is 4.74 Å². The minimum absolute atomic E-state index is 0.0576. The Hall–Kier alpha value is -2.77. The molecule has 2 heterocycles. The molecule has 1 atom stereocenters. The number of aryl methyl sites for hydroxylation is 2. The molecule has 14 heteroatoms. The molecule has 1 amide bonds. The molecule has 2 N–H and O–H groups in total. The average molecular weight is 490 g/mol. The van der Waals surface area contributed by atoms with Crippen LogP contribution >= 0.6 is 0 Å². The van der Waals surface area contributed by atoms with Crippen molar-refractivity contribution in [2.45, 2.75) is 78.2 Å². The molecule has 0 saturated heterocycles. The van der Waals surface area contributed by atoms with Crippen LogP contribution in [0.4, 0.5) is 18.0 Å². The summed E-state index contributed by atoms with van der Waals surface area (Å²) in [7, 11) is 1.70. The number of ether oxygens (including phenoxy) is 1. The van der Waals surface area contributed by atoms with Crippen molar-refractivity contribution >= 4 is 6.09 Å². The lowest BCUT2D eigenvalue weighted by molar-refractivity contribution is -0.213. The van der Waals surface area contributed by atoms with Gasteiger partial charge in [-0.1, -0.05) is 13.8 Å². The predicted octanol–water partition coefficient (Wildman–Crippen LogP) is 2.76. The smallest absolute Gasteiger partial charge is 0.407 e. The predicted molar refractivity (Wildman–Crippen MR) is 117 cm³/mol. The molecule has 11 nitrogen and oxygen atoms in total. The quantitative estimate of drug-likeness (QED) is 0.462. The van der Waals surface area contributed by atoms with Gasteiger partial charge in [0.25, 0.3) is 0 Å². The summed E-state index contributed by atoms with van der Waals surface area (Å²) in [5.74, 6) is 0.756. The maximum Gasteiger partial charge on any atom is 0.407 e. The summed E-state index contributed by atoms with van der Waals surface area (Å²) in [4.78, 5) is 16.0. The van der Waals surface area contributed by atoms with E-state index in [-0.39, 0.29) is 13.0 Å². The van der Waals surface area contributed by atoms with E-state index in [0.717, 1.165) is 13.8 Å². The highest BCUT2D eigenvalue weighted by Gasteiger charge is 2.46. The maximum atomic E-state index is 13.2. The number of nitrogens with one attached hydrogen (secondary N) is 2. The first kappa shape index (κ1) is 27.5. The van der Waals surface area contributed by atoms with Gasteiger partial charge in [0, 0.05) is 20.1 Å². The number of halogens is 3. The summed E-state index contributed by atoms with van der Waals surface area (Å²) in [6.07, 6.45) is -2.14. The van der Waals surface area contributed by atoms with Crippen LogP contribution in [0.3, 0.4) is 0 Å². The second-order valence-electron chi connectivity index (χ2n) is 9.69. The average Bonchev–Trinajstić information content (AvgIpc) is 3.31. The standard InChI is InChI=1S/C20H34F3N9O2/c1-18(2,3)34-17(33)25-10-7-8-12-32-16(27-29-30-32)14(15-26-13-31(6)28-15)24-11-9-19(4,5)20(21,22)23/h13-14,24H,7-12H2,1-6H3,(H,25,33). The second kappa shape index (κ2) is 11.1. The van der Waals surface area contributed by atoms with Gasteiger partial charge in [0.2, 0.25) is 0 Å². The lowest BCUT2D eigenvalue weighted by Gasteiger charge is -2.28. The van der Waals surface area contributed by atoms with Crippen LogP contribution in [0.25, 0.3) is 0 Å². The molecule has 2 aromatic rings. The Balaban J connectivity index is 1.98. The number of rotatable bonds is 11. The fraction of sp³-hybridized carbons (Fsp3) is 0.800. The number of aromatic nitrogens is 7. The van der Waals surface area contributed by atoms with Crippen molar-refractivity contribution in [2.75, 3.05) is 13.1 Å². The molecule has 0 aromatic carbocycles. The normalized spacial score (nSPS) is 13.7. The molecule has 2 aromatic heterocycles. The molecule has 0 aliphatic rings. The van der Waals surface area contributed by atoms with Crippen LogP contribution in [0.15, 0.2) is 6.33 Å². The van der Waals surface area contributed by atoms with Gasteiger partial charge in [0.1, 0.15) is 18.0 Å². The van der Waals surface area contributed by atoms with Gasteiger partial charge < -0.3 is 15.4 Å². The Morgan fingerprint density at radius 3 is 2.44 bits per heavy atom. The maximum absolute atomic E-state index is 13.2. The molecular weight excluding hydrogens is 455 g/mol. The van der Waals surface area contributed by atoms with E-state index < -0.39 is 29.3 Å². The molecule has 0 bridgehead atoms. The van der Waals surface area contributed by atoms with Crippen LogP contribution in [-0.2, 0) is 18.3 Å². The van der Waals surface area contributed by atoms with E-state index in [1.165, 1.54) is 11.0 Å². The highest BCUT2D eigenvalue weighted by molar-refractivity contribution is 5.67. The van der Waals surface area contributed by atoms with Crippen molar-refractivity contribution < 1.29 is 22.7 Å². The Bertz CT molecular complexity index is 919. The highest BCUT2D eigenvalue weighted by atomic mass is 19.4. The van der Waals surface area contributed by atoms with Gasteiger partial charge >= 0.3 is 12.3 Å². The molecule has 0 saturated carbocycles. The molecule has 0 fully saturated rings. The summed E-state index contributed by atoms with van der Waals surface area (Å²) in [6.45, 7) is 8.61. The number of alkyl halides is 3. The molecular formula is C20H34F3N9O2. The third kappa shape index (κ3) is 8.22. The van der Waals surface area contributed by atoms with Gasteiger partial charge in [-0.2, -0.15) is 18.3 Å². The zero-order valence-corrected chi connectivity index (χ0v) is 20.5. The van der Waals surface area contributed by atoms with E-state index in [0.29, 0.717) is 37.6 Å². The van der Waals surface area contributed by atoms with Gasteiger partial charge in [0.05, 0.1) is 5.41 Å². The number of amides is 1. The number of hydrogen-bond acceptors (Lipinski definition) is 8. The molecule has 192 valence electrons. The fourth-order valence-corrected chi connectivity index (χ4v) is 2.93. The lowest BCUT2D eigenvalue weighted by Crippen LogP contribution is -2.37. The van der Waals surface area contributed by atoms with E-state index in [2.05, 4.69) is 36.2 Å². The second-order valence-corrected chi connectivity index (χ2v) is 9.69. The third-order valence-electron chi connectivity index (χ3n) is 5.02. The first-order valence-corrected chi connectivity index (χ1v) is 11.1. The summed E-state index contributed by atoms with van der Waals surface area (Å²) in [6, 6.07) is -0.680. The lowest BCUT2D eigenvalue weighted by atomic mass is 9.88. The molecule has 2 rings (SSSR count). The number of unbranched alkanes of at least 4 members (excludes halogenated alkanes) is 1. The number of nitrogens with zero attached hydrogens (tertiary/aromatic N) is 7. The fourth-order valence-electron chi connectivity index (χ4n) is 2.93. The Morgan fingerprint density at radius 2 is 1.85 bits per heavy atom. The molecule has 0 aliphatic heterocycles. The first-order valence-electron chi connectivity index (χ1n) is 11.1. The highest BCUT2D eigenvalue weighted by Crippen LogP contribution is 2.40. The van der Waals surface area contributed by atoms with E-state index >= 15 is 0 Å². The van der Waals surface area contributed by atoms with Gasteiger partial charge in [0.15, 0.2) is 11.6 Å². The summed E-state index contributed by atoms with van der Waals surface area (Å²) >= 11 is 0. The third-order valence-corrected chi connectivity index (χ3v) is 5.02.